The fraction of sp³-hybridized carbons (Fsp3) is 0.167. The summed E-state index contributed by atoms with van der Waals surface area (Å²) in [6, 6.07) is 3.40. The number of carboxylic acid groups (broad SMARTS) is 1. The van der Waals surface area contributed by atoms with Crippen LogP contribution in [0.3, 0.4) is 0 Å². The first-order valence-electron chi connectivity index (χ1n) is 5.19. The van der Waals surface area contributed by atoms with E-state index in [0.717, 1.165) is 12.1 Å². The number of rotatable bonds is 6. The lowest BCUT2D eigenvalue weighted by molar-refractivity contribution is -0.115. The Balaban J connectivity index is 2.63. The number of carboxylic acids is 1. The Labute approximate surface area is 103 Å². The SMILES string of the molecule is C=CCNCC(=O)Nc1ccc(C(=O)O)c(F)c1. The third-order valence-electron chi connectivity index (χ3n) is 2.06. The summed E-state index contributed by atoms with van der Waals surface area (Å²) in [6.45, 7) is 4.03. The van der Waals surface area contributed by atoms with Crippen molar-refractivity contribution in [2.75, 3.05) is 18.4 Å². The van der Waals surface area contributed by atoms with E-state index in [0.29, 0.717) is 6.54 Å². The molecule has 18 heavy (non-hydrogen) atoms. The van der Waals surface area contributed by atoms with E-state index >= 15 is 0 Å². The van der Waals surface area contributed by atoms with E-state index in [9.17, 15) is 14.0 Å². The summed E-state index contributed by atoms with van der Waals surface area (Å²) in [5.74, 6) is -2.59. The Morgan fingerprint density at radius 3 is 2.72 bits per heavy atom. The lowest BCUT2D eigenvalue weighted by atomic mass is 10.2. The van der Waals surface area contributed by atoms with Gasteiger partial charge in [-0.1, -0.05) is 6.08 Å². The minimum Gasteiger partial charge on any atom is -0.478 e. The molecule has 6 heteroatoms. The van der Waals surface area contributed by atoms with Crippen molar-refractivity contribution in [2.45, 2.75) is 0 Å². The quantitative estimate of drug-likeness (QED) is 0.525. The van der Waals surface area contributed by atoms with Gasteiger partial charge in [0.05, 0.1) is 12.1 Å². The van der Waals surface area contributed by atoms with Gasteiger partial charge in [-0.25, -0.2) is 9.18 Å². The van der Waals surface area contributed by atoms with Crippen LogP contribution in [0.2, 0.25) is 0 Å². The number of aromatic carboxylic acids is 1. The second-order valence-electron chi connectivity index (χ2n) is 3.47. The van der Waals surface area contributed by atoms with Crippen molar-refractivity contribution in [3.63, 3.8) is 0 Å². The largest absolute Gasteiger partial charge is 0.478 e. The van der Waals surface area contributed by atoms with Gasteiger partial charge in [-0.05, 0) is 18.2 Å². The Morgan fingerprint density at radius 1 is 1.44 bits per heavy atom. The van der Waals surface area contributed by atoms with Crippen LogP contribution in [-0.4, -0.2) is 30.1 Å². The molecule has 0 aliphatic carbocycles. The van der Waals surface area contributed by atoms with Crippen LogP contribution in [0.25, 0.3) is 0 Å². The van der Waals surface area contributed by atoms with Crippen molar-refractivity contribution in [3.8, 4) is 0 Å². The molecule has 96 valence electrons. The highest BCUT2D eigenvalue weighted by molar-refractivity contribution is 5.93. The number of hydrogen-bond donors (Lipinski definition) is 3. The minimum atomic E-state index is -1.35. The predicted octanol–water partition coefficient (Wildman–Crippen LogP) is 1.24. The van der Waals surface area contributed by atoms with Crippen LogP contribution in [0.1, 0.15) is 10.4 Å². The van der Waals surface area contributed by atoms with Gasteiger partial charge in [0.2, 0.25) is 5.91 Å². The smallest absolute Gasteiger partial charge is 0.338 e. The molecule has 0 bridgehead atoms. The van der Waals surface area contributed by atoms with Gasteiger partial charge in [0.1, 0.15) is 5.82 Å². The van der Waals surface area contributed by atoms with Gasteiger partial charge >= 0.3 is 5.97 Å². The maximum absolute atomic E-state index is 13.3. The summed E-state index contributed by atoms with van der Waals surface area (Å²) >= 11 is 0. The number of hydrogen-bond acceptors (Lipinski definition) is 3. The molecule has 1 aromatic carbocycles. The maximum Gasteiger partial charge on any atom is 0.338 e. The van der Waals surface area contributed by atoms with Crippen molar-refractivity contribution >= 4 is 17.6 Å². The van der Waals surface area contributed by atoms with Gasteiger partial charge in [0, 0.05) is 12.2 Å². The second-order valence-corrected chi connectivity index (χ2v) is 3.47. The molecule has 0 radical (unpaired) electrons. The van der Waals surface area contributed by atoms with Gasteiger partial charge in [0.15, 0.2) is 0 Å². The first-order valence-corrected chi connectivity index (χ1v) is 5.19. The molecule has 1 rings (SSSR count). The Morgan fingerprint density at radius 2 is 2.17 bits per heavy atom. The van der Waals surface area contributed by atoms with E-state index in [1.807, 2.05) is 0 Å². The van der Waals surface area contributed by atoms with Crippen molar-refractivity contribution < 1.29 is 19.1 Å². The lowest BCUT2D eigenvalue weighted by Gasteiger charge is -2.06. The summed E-state index contributed by atoms with van der Waals surface area (Å²) in [6.07, 6.45) is 1.61. The van der Waals surface area contributed by atoms with Crippen LogP contribution in [0.5, 0.6) is 0 Å². The fourth-order valence-corrected chi connectivity index (χ4v) is 1.26. The number of amides is 1. The van der Waals surface area contributed by atoms with Gasteiger partial charge in [-0.15, -0.1) is 6.58 Å². The van der Waals surface area contributed by atoms with Crippen LogP contribution >= 0.6 is 0 Å². The molecular weight excluding hydrogens is 239 g/mol. The van der Waals surface area contributed by atoms with Gasteiger partial charge < -0.3 is 15.7 Å². The van der Waals surface area contributed by atoms with E-state index in [1.165, 1.54) is 6.07 Å². The average Bonchev–Trinajstić information content (AvgIpc) is 2.28. The summed E-state index contributed by atoms with van der Waals surface area (Å²) in [7, 11) is 0. The fourth-order valence-electron chi connectivity index (χ4n) is 1.26. The van der Waals surface area contributed by atoms with Crippen LogP contribution in [0, 0.1) is 5.82 Å². The molecular formula is C12H13FN2O3. The van der Waals surface area contributed by atoms with Crippen molar-refractivity contribution in [2.24, 2.45) is 0 Å². The highest BCUT2D eigenvalue weighted by atomic mass is 19.1. The molecule has 0 atom stereocenters. The molecule has 5 nitrogen and oxygen atoms in total. The molecule has 0 heterocycles. The average molecular weight is 252 g/mol. The van der Waals surface area contributed by atoms with Crippen molar-refractivity contribution in [3.05, 3.63) is 42.2 Å². The van der Waals surface area contributed by atoms with Crippen molar-refractivity contribution in [1.82, 2.24) is 5.32 Å². The Kier molecular flexibility index (Phi) is 5.01. The monoisotopic (exact) mass is 252 g/mol. The first-order chi connectivity index (χ1) is 8.54. The molecule has 0 aliphatic heterocycles. The van der Waals surface area contributed by atoms with Crippen molar-refractivity contribution in [1.29, 1.82) is 0 Å². The highest BCUT2D eigenvalue weighted by Crippen LogP contribution is 2.14. The molecule has 0 saturated heterocycles. The summed E-state index contributed by atoms with van der Waals surface area (Å²) in [5.41, 5.74) is -0.222. The molecule has 1 aromatic rings. The zero-order valence-corrected chi connectivity index (χ0v) is 9.57. The third-order valence-corrected chi connectivity index (χ3v) is 2.06. The number of nitrogens with one attached hydrogen (secondary N) is 2. The topological polar surface area (TPSA) is 78.4 Å². The number of anilines is 1. The molecule has 0 spiro atoms. The molecule has 3 N–H and O–H groups in total. The molecule has 1 amide bonds. The van der Waals surface area contributed by atoms with E-state index < -0.39 is 17.3 Å². The molecule has 0 fully saturated rings. The molecule has 0 unspecified atom stereocenters. The molecule has 0 aliphatic rings. The number of carbonyl (C=O) groups excluding carboxylic acids is 1. The Bertz CT molecular complexity index is 474. The number of halogens is 1. The zero-order valence-electron chi connectivity index (χ0n) is 9.57. The third kappa shape index (κ3) is 3.99. The van der Waals surface area contributed by atoms with Gasteiger partial charge in [-0.3, -0.25) is 4.79 Å². The number of benzene rings is 1. The number of carbonyl (C=O) groups is 2. The Hall–Kier alpha value is -2.21. The summed E-state index contributed by atoms with van der Waals surface area (Å²) in [5, 5.41) is 13.9. The molecule has 0 saturated carbocycles. The predicted molar refractivity (Wildman–Crippen MR) is 65.1 cm³/mol. The highest BCUT2D eigenvalue weighted by Gasteiger charge is 2.11. The summed E-state index contributed by atoms with van der Waals surface area (Å²) in [4.78, 5) is 22.0. The zero-order chi connectivity index (χ0) is 13.5. The van der Waals surface area contributed by atoms with Crippen LogP contribution in [0.15, 0.2) is 30.9 Å². The summed E-state index contributed by atoms with van der Waals surface area (Å²) < 4.78 is 13.3. The first kappa shape index (κ1) is 13.9. The van der Waals surface area contributed by atoms with E-state index in [2.05, 4.69) is 17.2 Å². The van der Waals surface area contributed by atoms with E-state index in [-0.39, 0.29) is 18.1 Å². The van der Waals surface area contributed by atoms with Crippen LogP contribution < -0.4 is 10.6 Å². The molecule has 0 aromatic heterocycles. The standard InChI is InChI=1S/C12H13FN2O3/c1-2-5-14-7-11(16)15-8-3-4-9(12(17)18)10(13)6-8/h2-4,6,14H,1,5,7H2,(H,15,16)(H,17,18). The van der Waals surface area contributed by atoms with E-state index in [4.69, 9.17) is 5.11 Å². The minimum absolute atomic E-state index is 0.0638. The van der Waals surface area contributed by atoms with Crippen LogP contribution in [0.4, 0.5) is 10.1 Å². The van der Waals surface area contributed by atoms with E-state index in [1.54, 1.807) is 6.08 Å². The lowest BCUT2D eigenvalue weighted by Crippen LogP contribution is -2.28. The normalized spacial score (nSPS) is 9.83. The maximum atomic E-state index is 13.3. The second kappa shape index (κ2) is 6.51. The van der Waals surface area contributed by atoms with Crippen LogP contribution in [-0.2, 0) is 4.79 Å². The van der Waals surface area contributed by atoms with Gasteiger partial charge in [0.25, 0.3) is 0 Å². The van der Waals surface area contributed by atoms with Gasteiger partial charge in [-0.2, -0.15) is 0 Å².